The van der Waals surface area contributed by atoms with Crippen molar-refractivity contribution in [3.8, 4) is 0 Å². The van der Waals surface area contributed by atoms with Crippen LogP contribution in [0.25, 0.3) is 10.2 Å². The molecule has 176 valence electrons. The molecule has 0 spiro atoms. The van der Waals surface area contributed by atoms with Gasteiger partial charge in [0.25, 0.3) is 5.91 Å². The molecule has 2 heterocycles. The summed E-state index contributed by atoms with van der Waals surface area (Å²) in [6.07, 6.45) is 0.834. The fraction of sp³-hybridized carbons (Fsp3) is 0.375. The molecule has 2 aromatic carbocycles. The number of rotatable bonds is 7. The zero-order valence-corrected chi connectivity index (χ0v) is 20.4. The summed E-state index contributed by atoms with van der Waals surface area (Å²) < 4.78 is 11.2. The van der Waals surface area contributed by atoms with Gasteiger partial charge in [0.2, 0.25) is 0 Å². The van der Waals surface area contributed by atoms with Gasteiger partial charge in [-0.3, -0.25) is 14.6 Å². The smallest absolute Gasteiger partial charge is 0.337 e. The minimum absolute atomic E-state index is 0. The highest BCUT2D eigenvalue weighted by Gasteiger charge is 2.22. The summed E-state index contributed by atoms with van der Waals surface area (Å²) in [5.41, 5.74) is 2.98. The number of aromatic nitrogens is 1. The number of hydrogen-bond donors (Lipinski definition) is 0. The minimum Gasteiger partial charge on any atom is -0.465 e. The number of carbonyl (C=O) groups excluding carboxylic acids is 2. The highest BCUT2D eigenvalue weighted by Crippen LogP contribution is 2.30. The van der Waals surface area contributed by atoms with E-state index in [-0.39, 0.29) is 18.3 Å². The maximum atomic E-state index is 13.5. The molecular weight excluding hydrogens is 462 g/mol. The van der Waals surface area contributed by atoms with Gasteiger partial charge in [-0.1, -0.05) is 17.4 Å². The van der Waals surface area contributed by atoms with Crippen molar-refractivity contribution in [2.24, 2.45) is 0 Å². The molecule has 1 aliphatic rings. The number of anilines is 1. The number of thiazole rings is 1. The van der Waals surface area contributed by atoms with Crippen LogP contribution in [0.4, 0.5) is 5.13 Å². The Labute approximate surface area is 203 Å². The molecule has 9 heteroatoms. The second-order valence-electron chi connectivity index (χ2n) is 7.80. The van der Waals surface area contributed by atoms with Crippen molar-refractivity contribution in [3.05, 3.63) is 59.2 Å². The quantitative estimate of drug-likeness (QED) is 0.463. The van der Waals surface area contributed by atoms with E-state index in [0.717, 1.165) is 55.0 Å². The average molecular weight is 490 g/mol. The number of benzene rings is 2. The van der Waals surface area contributed by atoms with Gasteiger partial charge in [-0.05, 0) is 55.3 Å². The molecule has 0 N–H and O–H groups in total. The number of morpholine rings is 1. The van der Waals surface area contributed by atoms with Crippen LogP contribution in [0.3, 0.4) is 0 Å². The van der Waals surface area contributed by atoms with Gasteiger partial charge in [0.1, 0.15) is 0 Å². The number of ether oxygens (including phenoxy) is 2. The standard InChI is InChI=1S/C24H27N3O4S.ClH/c1-17-4-9-20-21(16-17)32-24(25-20)27(11-3-10-26-12-14-31-15-13-26)22(28)18-5-7-19(8-6-18)23(29)30-2;/h4-9,16H,3,10-15H2,1-2H3;1H. The Morgan fingerprint density at radius 3 is 2.52 bits per heavy atom. The van der Waals surface area contributed by atoms with Gasteiger partial charge >= 0.3 is 5.97 Å². The summed E-state index contributed by atoms with van der Waals surface area (Å²) in [4.78, 5) is 34.1. The molecule has 4 rings (SSSR count). The molecule has 0 atom stereocenters. The van der Waals surface area contributed by atoms with Crippen LogP contribution in [0.1, 0.15) is 32.7 Å². The van der Waals surface area contributed by atoms with Crippen molar-refractivity contribution < 1.29 is 19.1 Å². The number of nitrogens with zero attached hydrogens (tertiary/aromatic N) is 3. The Hall–Kier alpha value is -2.52. The molecule has 1 amide bonds. The first-order valence-corrected chi connectivity index (χ1v) is 11.5. The first-order chi connectivity index (χ1) is 15.5. The molecule has 1 aromatic heterocycles. The fourth-order valence-corrected chi connectivity index (χ4v) is 4.81. The molecule has 0 bridgehead atoms. The monoisotopic (exact) mass is 489 g/mol. The molecule has 7 nitrogen and oxygen atoms in total. The largest absolute Gasteiger partial charge is 0.465 e. The molecule has 0 aliphatic carbocycles. The highest BCUT2D eigenvalue weighted by atomic mass is 35.5. The molecule has 0 unspecified atom stereocenters. The number of carbonyl (C=O) groups is 2. The lowest BCUT2D eigenvalue weighted by molar-refractivity contribution is 0.0376. The maximum absolute atomic E-state index is 13.5. The second-order valence-corrected chi connectivity index (χ2v) is 8.81. The van der Waals surface area contributed by atoms with E-state index in [0.29, 0.717) is 22.8 Å². The molecule has 33 heavy (non-hydrogen) atoms. The van der Waals surface area contributed by atoms with Gasteiger partial charge in [-0.25, -0.2) is 9.78 Å². The Morgan fingerprint density at radius 1 is 1.12 bits per heavy atom. The predicted molar refractivity (Wildman–Crippen MR) is 133 cm³/mol. The number of fused-ring (bicyclic) bond motifs is 1. The van der Waals surface area contributed by atoms with Gasteiger partial charge in [0.15, 0.2) is 5.13 Å². The lowest BCUT2D eigenvalue weighted by Crippen LogP contribution is -2.39. The topological polar surface area (TPSA) is 72.0 Å². The van der Waals surface area contributed by atoms with Crippen LogP contribution in [-0.2, 0) is 9.47 Å². The van der Waals surface area contributed by atoms with E-state index >= 15 is 0 Å². The van der Waals surface area contributed by atoms with Gasteiger partial charge < -0.3 is 9.47 Å². The minimum atomic E-state index is -0.423. The van der Waals surface area contributed by atoms with Gasteiger partial charge in [-0.15, -0.1) is 12.4 Å². The van der Waals surface area contributed by atoms with E-state index in [1.54, 1.807) is 29.2 Å². The van der Waals surface area contributed by atoms with E-state index in [4.69, 9.17) is 14.5 Å². The predicted octanol–water partition coefficient (Wildman–Crippen LogP) is 4.18. The molecule has 1 fully saturated rings. The van der Waals surface area contributed by atoms with Crippen LogP contribution in [0.2, 0.25) is 0 Å². The SMILES string of the molecule is COC(=O)c1ccc(C(=O)N(CCCN2CCOCC2)c2nc3ccc(C)cc3s2)cc1.Cl. The Balaban J connectivity index is 0.00000306. The third-order valence-corrected chi connectivity index (χ3v) is 6.56. The molecule has 1 aliphatic heterocycles. The fourth-order valence-electron chi connectivity index (χ4n) is 3.72. The van der Waals surface area contributed by atoms with Crippen LogP contribution in [0.5, 0.6) is 0 Å². The van der Waals surface area contributed by atoms with Crippen molar-refractivity contribution in [1.82, 2.24) is 9.88 Å². The second kappa shape index (κ2) is 11.6. The third-order valence-electron chi connectivity index (χ3n) is 5.52. The van der Waals surface area contributed by atoms with Crippen LogP contribution in [0, 0.1) is 6.92 Å². The van der Waals surface area contributed by atoms with Crippen LogP contribution in [0.15, 0.2) is 42.5 Å². The Kier molecular flexibility index (Phi) is 8.80. The summed E-state index contributed by atoms with van der Waals surface area (Å²) in [6, 6.07) is 12.7. The maximum Gasteiger partial charge on any atom is 0.337 e. The van der Waals surface area contributed by atoms with Crippen LogP contribution < -0.4 is 4.90 Å². The first kappa shape index (κ1) is 25.1. The van der Waals surface area contributed by atoms with Gasteiger partial charge in [0, 0.05) is 31.7 Å². The molecule has 3 aromatic rings. The van der Waals surface area contributed by atoms with Crippen molar-refractivity contribution >= 4 is 51.0 Å². The summed E-state index contributed by atoms with van der Waals surface area (Å²) in [6.45, 7) is 6.87. The molecule has 0 radical (unpaired) electrons. The number of hydrogen-bond acceptors (Lipinski definition) is 7. The summed E-state index contributed by atoms with van der Waals surface area (Å²) in [5.74, 6) is -0.549. The summed E-state index contributed by atoms with van der Waals surface area (Å²) >= 11 is 1.53. The van der Waals surface area contributed by atoms with Crippen LogP contribution in [-0.4, -0.2) is 68.3 Å². The number of amides is 1. The number of esters is 1. The highest BCUT2D eigenvalue weighted by molar-refractivity contribution is 7.22. The normalized spacial score (nSPS) is 14.0. The zero-order chi connectivity index (χ0) is 22.5. The van der Waals surface area contributed by atoms with Crippen molar-refractivity contribution in [2.75, 3.05) is 51.4 Å². The van der Waals surface area contributed by atoms with E-state index in [1.807, 2.05) is 19.1 Å². The van der Waals surface area contributed by atoms with Gasteiger partial charge in [0.05, 0.1) is 36.1 Å². The number of aryl methyl sites for hydroxylation is 1. The lowest BCUT2D eigenvalue weighted by atomic mass is 10.1. The zero-order valence-electron chi connectivity index (χ0n) is 18.8. The van der Waals surface area contributed by atoms with Gasteiger partial charge in [-0.2, -0.15) is 0 Å². The lowest BCUT2D eigenvalue weighted by Gasteiger charge is -2.27. The van der Waals surface area contributed by atoms with Crippen molar-refractivity contribution in [2.45, 2.75) is 13.3 Å². The van der Waals surface area contributed by atoms with E-state index in [1.165, 1.54) is 18.4 Å². The van der Waals surface area contributed by atoms with E-state index < -0.39 is 5.97 Å². The molecule has 1 saturated heterocycles. The first-order valence-electron chi connectivity index (χ1n) is 10.7. The molecular formula is C24H28ClN3O4S. The summed E-state index contributed by atoms with van der Waals surface area (Å²) in [5, 5.41) is 0.689. The number of methoxy groups -OCH3 is 1. The Bertz CT molecular complexity index is 1100. The molecule has 0 saturated carbocycles. The Morgan fingerprint density at radius 2 is 1.82 bits per heavy atom. The van der Waals surface area contributed by atoms with Crippen LogP contribution >= 0.6 is 23.7 Å². The summed E-state index contributed by atoms with van der Waals surface area (Å²) in [7, 11) is 1.34. The van der Waals surface area contributed by atoms with E-state index in [2.05, 4.69) is 11.0 Å². The van der Waals surface area contributed by atoms with E-state index in [9.17, 15) is 9.59 Å². The average Bonchev–Trinajstić information content (AvgIpc) is 3.24. The third kappa shape index (κ3) is 6.09. The van der Waals surface area contributed by atoms with Crippen molar-refractivity contribution in [1.29, 1.82) is 0 Å². The number of halogens is 1. The van der Waals surface area contributed by atoms with Crippen molar-refractivity contribution in [3.63, 3.8) is 0 Å².